The number of aromatic nitrogens is 5. The van der Waals surface area contributed by atoms with E-state index in [4.69, 9.17) is 10.7 Å². The Balaban J connectivity index is 1.48. The first-order chi connectivity index (χ1) is 15.9. The smallest absolute Gasteiger partial charge is 0.256 e. The molecule has 168 valence electrons. The first-order valence-electron chi connectivity index (χ1n) is 10.9. The van der Waals surface area contributed by atoms with Gasteiger partial charge in [0.2, 0.25) is 0 Å². The second-order valence-electron chi connectivity index (χ2n) is 8.92. The summed E-state index contributed by atoms with van der Waals surface area (Å²) < 4.78 is 14.3. The number of nitrogens with two attached hydrogens (primary N) is 1. The number of piperidine rings is 2. The molecule has 10 heteroatoms. The van der Waals surface area contributed by atoms with Crippen molar-refractivity contribution in [2.75, 3.05) is 5.73 Å². The molecule has 1 amide bonds. The molecule has 3 aromatic heterocycles. The molecule has 2 saturated heterocycles. The third kappa shape index (κ3) is 3.12. The quantitative estimate of drug-likeness (QED) is 0.494. The molecule has 2 atom stereocenters. The van der Waals surface area contributed by atoms with Crippen LogP contribution in [-0.4, -0.2) is 41.8 Å². The van der Waals surface area contributed by atoms with Crippen molar-refractivity contribution in [2.45, 2.75) is 38.8 Å². The van der Waals surface area contributed by atoms with E-state index in [0.29, 0.717) is 16.7 Å². The topological polar surface area (TPSA) is 103 Å². The third-order valence-corrected chi connectivity index (χ3v) is 7.89. The van der Waals surface area contributed by atoms with E-state index in [1.165, 1.54) is 40.7 Å². The summed E-state index contributed by atoms with van der Waals surface area (Å²) in [5.74, 6) is 0.0748. The lowest BCUT2D eigenvalue weighted by Crippen LogP contribution is -2.59. The summed E-state index contributed by atoms with van der Waals surface area (Å²) in [6.45, 7) is 4.15. The predicted molar refractivity (Wildman–Crippen MR) is 122 cm³/mol. The van der Waals surface area contributed by atoms with Gasteiger partial charge in [-0.05, 0) is 61.4 Å². The zero-order valence-corrected chi connectivity index (χ0v) is 19.0. The fourth-order valence-electron chi connectivity index (χ4n) is 5.37. The maximum Gasteiger partial charge on any atom is 0.256 e. The van der Waals surface area contributed by atoms with Crippen LogP contribution in [0.25, 0.3) is 16.0 Å². The van der Waals surface area contributed by atoms with Crippen LogP contribution >= 0.6 is 11.3 Å². The average Bonchev–Trinajstić information content (AvgIpc) is 3.40. The molecule has 1 saturated carbocycles. The molecule has 4 aromatic rings. The minimum absolute atomic E-state index is 0.0981. The van der Waals surface area contributed by atoms with Crippen LogP contribution in [0.5, 0.6) is 0 Å². The Bertz CT molecular complexity index is 1380. The second kappa shape index (κ2) is 7.31. The Kier molecular flexibility index (Phi) is 4.48. The SMILES string of the molecule is Cc1nc2sc(N)nc2cc1[C@@H]1[C@H](C)C2CC(C2)N1C(=O)c1cc(F)ccc1-n1nccn1. The normalized spacial score (nSPS) is 24.2. The number of nitrogen functional groups attached to an aromatic ring is 1. The van der Waals surface area contributed by atoms with Gasteiger partial charge in [-0.1, -0.05) is 18.3 Å². The zero-order valence-electron chi connectivity index (χ0n) is 18.1. The number of nitrogens with zero attached hydrogens (tertiary/aromatic N) is 6. The number of carbonyl (C=O) groups excluding carboxylic acids is 1. The minimum atomic E-state index is -0.473. The van der Waals surface area contributed by atoms with Crippen LogP contribution in [0.1, 0.15) is 47.4 Å². The van der Waals surface area contributed by atoms with E-state index in [2.05, 4.69) is 22.1 Å². The number of aryl methyl sites for hydroxylation is 1. The van der Waals surface area contributed by atoms with Crippen LogP contribution in [0.4, 0.5) is 9.52 Å². The van der Waals surface area contributed by atoms with Gasteiger partial charge in [0.05, 0.1) is 29.7 Å². The average molecular weight is 464 g/mol. The van der Waals surface area contributed by atoms with Crippen LogP contribution in [0.15, 0.2) is 36.7 Å². The van der Waals surface area contributed by atoms with Crippen LogP contribution in [-0.2, 0) is 0 Å². The van der Waals surface area contributed by atoms with Crippen LogP contribution < -0.4 is 5.73 Å². The van der Waals surface area contributed by atoms with Crippen molar-refractivity contribution in [3.05, 3.63) is 59.3 Å². The molecule has 3 fully saturated rings. The maximum atomic E-state index is 14.3. The van der Waals surface area contributed by atoms with Crippen LogP contribution in [0.2, 0.25) is 0 Å². The Morgan fingerprint density at radius 2 is 1.94 bits per heavy atom. The first kappa shape index (κ1) is 20.2. The molecule has 0 radical (unpaired) electrons. The molecule has 8 nitrogen and oxygen atoms in total. The van der Waals surface area contributed by atoms with Gasteiger partial charge in [-0.15, -0.1) is 0 Å². The van der Waals surface area contributed by atoms with Crippen molar-refractivity contribution in [1.82, 2.24) is 29.9 Å². The van der Waals surface area contributed by atoms with Gasteiger partial charge in [-0.3, -0.25) is 4.79 Å². The standard InChI is InChI=1S/C23H22FN7OS/c1-11-13-7-15(8-13)30(20(11)16-10-18-21(28-12(16)2)33-23(25)29-18)22(32)17-9-14(24)3-4-19(17)31-26-5-6-27-31/h3-6,9-11,13,15,20H,7-8H2,1-2H3,(H2,25,29)/t11-,13?,15?,20+/m1/s1. The molecule has 5 heterocycles. The molecule has 7 rings (SSSR count). The predicted octanol–water partition coefficient (Wildman–Crippen LogP) is 3.91. The van der Waals surface area contributed by atoms with Gasteiger partial charge in [0, 0.05) is 11.7 Å². The number of amides is 1. The number of pyridine rings is 1. The summed E-state index contributed by atoms with van der Waals surface area (Å²) in [5.41, 5.74) is 9.18. The molecule has 1 aliphatic carbocycles. The Morgan fingerprint density at radius 3 is 2.70 bits per heavy atom. The summed E-state index contributed by atoms with van der Waals surface area (Å²) in [4.78, 5) is 27.3. The lowest BCUT2D eigenvalue weighted by molar-refractivity contribution is -0.0565. The van der Waals surface area contributed by atoms with E-state index in [0.717, 1.165) is 34.4 Å². The maximum absolute atomic E-state index is 14.3. The number of benzene rings is 1. The zero-order chi connectivity index (χ0) is 22.9. The van der Waals surface area contributed by atoms with Gasteiger partial charge in [0.1, 0.15) is 16.2 Å². The fourth-order valence-corrected chi connectivity index (χ4v) is 6.10. The number of thiazole rings is 1. The van der Waals surface area contributed by atoms with Gasteiger partial charge < -0.3 is 10.6 Å². The second-order valence-corrected chi connectivity index (χ2v) is 9.93. The number of fused-ring (bicyclic) bond motifs is 3. The molecule has 0 spiro atoms. The van der Waals surface area contributed by atoms with E-state index < -0.39 is 5.82 Å². The molecular formula is C23H22FN7OS. The third-order valence-electron chi connectivity index (χ3n) is 7.09. The van der Waals surface area contributed by atoms with Gasteiger partial charge in [-0.25, -0.2) is 14.4 Å². The molecule has 0 unspecified atom stereocenters. The minimum Gasteiger partial charge on any atom is -0.375 e. The number of rotatable bonds is 3. The van der Waals surface area contributed by atoms with E-state index in [-0.39, 0.29) is 29.5 Å². The number of halogens is 1. The summed E-state index contributed by atoms with van der Waals surface area (Å²) in [5, 5.41) is 8.79. The number of hydrogen-bond donors (Lipinski definition) is 1. The molecule has 1 aromatic carbocycles. The van der Waals surface area contributed by atoms with Crippen molar-refractivity contribution in [2.24, 2.45) is 11.8 Å². The van der Waals surface area contributed by atoms with Crippen molar-refractivity contribution in [3.8, 4) is 5.69 Å². The van der Waals surface area contributed by atoms with Gasteiger partial charge in [-0.2, -0.15) is 15.0 Å². The van der Waals surface area contributed by atoms with Gasteiger partial charge in [0.25, 0.3) is 5.91 Å². The van der Waals surface area contributed by atoms with E-state index in [1.807, 2.05) is 17.9 Å². The van der Waals surface area contributed by atoms with Crippen molar-refractivity contribution in [3.63, 3.8) is 0 Å². The lowest BCUT2D eigenvalue weighted by Gasteiger charge is -2.57. The Morgan fingerprint density at radius 1 is 1.18 bits per heavy atom. The largest absolute Gasteiger partial charge is 0.375 e. The summed E-state index contributed by atoms with van der Waals surface area (Å²) in [7, 11) is 0. The summed E-state index contributed by atoms with van der Waals surface area (Å²) >= 11 is 1.35. The highest BCUT2D eigenvalue weighted by Gasteiger charge is 2.52. The highest BCUT2D eigenvalue weighted by molar-refractivity contribution is 7.21. The Labute approximate surface area is 193 Å². The van der Waals surface area contributed by atoms with Crippen LogP contribution in [0, 0.1) is 24.6 Å². The molecule has 2 N–H and O–H groups in total. The molecular weight excluding hydrogens is 441 g/mol. The number of carbonyl (C=O) groups is 1. The van der Waals surface area contributed by atoms with Crippen LogP contribution in [0.3, 0.4) is 0 Å². The highest BCUT2D eigenvalue weighted by Crippen LogP contribution is 2.53. The molecule has 33 heavy (non-hydrogen) atoms. The first-order valence-corrected chi connectivity index (χ1v) is 11.7. The van der Waals surface area contributed by atoms with Crippen molar-refractivity contribution < 1.29 is 9.18 Å². The van der Waals surface area contributed by atoms with Crippen molar-refractivity contribution >= 4 is 32.7 Å². The van der Waals surface area contributed by atoms with E-state index in [1.54, 1.807) is 6.07 Å². The van der Waals surface area contributed by atoms with Gasteiger partial charge >= 0.3 is 0 Å². The molecule has 3 aliphatic rings. The Hall–Kier alpha value is -3.40. The molecule has 2 bridgehead atoms. The number of hydrogen-bond acceptors (Lipinski definition) is 7. The highest BCUT2D eigenvalue weighted by atomic mass is 32.1. The monoisotopic (exact) mass is 463 g/mol. The summed E-state index contributed by atoms with van der Waals surface area (Å²) in [6.07, 6.45) is 4.96. The van der Waals surface area contributed by atoms with E-state index >= 15 is 0 Å². The molecule has 2 aliphatic heterocycles. The summed E-state index contributed by atoms with van der Waals surface area (Å²) in [6, 6.07) is 6.07. The fraction of sp³-hybridized carbons (Fsp3) is 0.348. The van der Waals surface area contributed by atoms with E-state index in [9.17, 15) is 9.18 Å². The van der Waals surface area contributed by atoms with Crippen molar-refractivity contribution in [1.29, 1.82) is 0 Å². The lowest BCUT2D eigenvalue weighted by atomic mass is 9.63. The number of anilines is 1. The van der Waals surface area contributed by atoms with Gasteiger partial charge in [0.15, 0.2) is 5.13 Å².